The maximum Gasteiger partial charge on any atom is 0.260 e. The molecule has 0 radical (unpaired) electrons. The fourth-order valence-electron chi connectivity index (χ4n) is 1.91. The highest BCUT2D eigenvalue weighted by Crippen LogP contribution is 2.19. The maximum atomic E-state index is 12.1. The van der Waals surface area contributed by atoms with Crippen LogP contribution in [0.5, 0.6) is 5.75 Å². The van der Waals surface area contributed by atoms with Crippen LogP contribution in [0.25, 0.3) is 0 Å². The lowest BCUT2D eigenvalue weighted by molar-refractivity contribution is -0.132. The van der Waals surface area contributed by atoms with E-state index in [0.29, 0.717) is 12.5 Å². The zero-order valence-electron chi connectivity index (χ0n) is 14.3. The first-order valence-electron chi connectivity index (χ1n) is 7.51. The fourth-order valence-corrected chi connectivity index (χ4v) is 1.91. The van der Waals surface area contributed by atoms with Gasteiger partial charge in [-0.3, -0.25) is 4.79 Å². The van der Waals surface area contributed by atoms with Crippen molar-refractivity contribution in [3.05, 3.63) is 29.3 Å². The van der Waals surface area contributed by atoms with Crippen LogP contribution in [0.3, 0.4) is 0 Å². The molecule has 1 amide bonds. The molecule has 0 aliphatic heterocycles. The summed E-state index contributed by atoms with van der Waals surface area (Å²) in [4.78, 5) is 13.7. The van der Waals surface area contributed by atoms with E-state index in [1.54, 1.807) is 11.9 Å². The highest BCUT2D eigenvalue weighted by Gasteiger charge is 2.13. The zero-order valence-corrected chi connectivity index (χ0v) is 15.1. The Bertz CT molecular complexity index is 478. The van der Waals surface area contributed by atoms with E-state index in [2.05, 4.69) is 13.8 Å². The third-order valence-corrected chi connectivity index (χ3v) is 3.77. The van der Waals surface area contributed by atoms with Crippen LogP contribution in [0.15, 0.2) is 18.2 Å². The van der Waals surface area contributed by atoms with Crippen LogP contribution in [0.2, 0.25) is 0 Å². The molecule has 1 unspecified atom stereocenters. The van der Waals surface area contributed by atoms with Gasteiger partial charge in [0.25, 0.3) is 5.91 Å². The number of nitrogens with zero attached hydrogens (tertiary/aromatic N) is 1. The number of hydrogen-bond donors (Lipinski definition) is 1. The van der Waals surface area contributed by atoms with Crippen LogP contribution < -0.4 is 10.5 Å². The van der Waals surface area contributed by atoms with Gasteiger partial charge < -0.3 is 15.4 Å². The monoisotopic (exact) mass is 328 g/mol. The molecule has 0 saturated carbocycles. The summed E-state index contributed by atoms with van der Waals surface area (Å²) in [5, 5.41) is 0. The smallest absolute Gasteiger partial charge is 0.260 e. The number of aryl methyl sites for hydroxylation is 2. The van der Waals surface area contributed by atoms with E-state index in [-0.39, 0.29) is 31.0 Å². The number of benzene rings is 1. The van der Waals surface area contributed by atoms with Crippen molar-refractivity contribution < 1.29 is 9.53 Å². The average Bonchev–Trinajstić information content (AvgIpc) is 2.44. The Kier molecular flexibility index (Phi) is 9.14. The van der Waals surface area contributed by atoms with Crippen molar-refractivity contribution in [2.45, 2.75) is 40.2 Å². The number of rotatable bonds is 7. The Balaban J connectivity index is 0.00000441. The summed E-state index contributed by atoms with van der Waals surface area (Å²) in [6, 6.07) is 6.11. The Morgan fingerprint density at radius 2 is 1.95 bits per heavy atom. The Labute approximate surface area is 140 Å². The van der Waals surface area contributed by atoms with E-state index >= 15 is 0 Å². The lowest BCUT2D eigenvalue weighted by Gasteiger charge is -2.21. The fraction of sp³-hybridized carbons (Fsp3) is 0.588. The van der Waals surface area contributed by atoms with Gasteiger partial charge in [-0.2, -0.15) is 0 Å². The number of carbonyl (C=O) groups is 1. The van der Waals surface area contributed by atoms with E-state index in [9.17, 15) is 4.79 Å². The molecule has 1 aromatic carbocycles. The second-order valence-corrected chi connectivity index (χ2v) is 6.07. The number of halogens is 1. The van der Waals surface area contributed by atoms with Crippen LogP contribution in [-0.2, 0) is 4.79 Å². The summed E-state index contributed by atoms with van der Waals surface area (Å²) < 4.78 is 5.63. The molecule has 0 spiro atoms. The van der Waals surface area contributed by atoms with Gasteiger partial charge in [-0.05, 0) is 43.4 Å². The van der Waals surface area contributed by atoms with Crippen LogP contribution in [0, 0.1) is 19.8 Å². The number of carbonyl (C=O) groups excluding carboxylic acids is 1. The van der Waals surface area contributed by atoms with Gasteiger partial charge >= 0.3 is 0 Å². The molecule has 0 saturated heterocycles. The minimum Gasteiger partial charge on any atom is -0.483 e. The molecular weight excluding hydrogens is 300 g/mol. The number of amides is 1. The van der Waals surface area contributed by atoms with Gasteiger partial charge in [-0.25, -0.2) is 0 Å². The van der Waals surface area contributed by atoms with Crippen molar-refractivity contribution in [1.29, 1.82) is 0 Å². The standard InChI is InChI=1S/C17H28N2O2.ClH/c1-12(2)15(18)8-9-19(5)17(20)11-21-16-10-13(3)6-7-14(16)4;/h6-7,10,12,15H,8-9,11,18H2,1-5H3;1H. The highest BCUT2D eigenvalue weighted by atomic mass is 35.5. The average molecular weight is 329 g/mol. The second kappa shape index (κ2) is 9.70. The summed E-state index contributed by atoms with van der Waals surface area (Å²) in [7, 11) is 1.79. The van der Waals surface area contributed by atoms with Crippen LogP contribution >= 0.6 is 12.4 Å². The third kappa shape index (κ3) is 6.67. The van der Waals surface area contributed by atoms with Gasteiger partial charge in [0.15, 0.2) is 6.61 Å². The first-order chi connectivity index (χ1) is 9.81. The maximum absolute atomic E-state index is 12.1. The van der Waals surface area contributed by atoms with Gasteiger partial charge in [-0.1, -0.05) is 26.0 Å². The molecule has 0 bridgehead atoms. The number of likely N-dealkylation sites (N-methyl/N-ethyl adjacent to an activating group) is 1. The van der Waals surface area contributed by atoms with E-state index in [0.717, 1.165) is 23.3 Å². The molecule has 0 heterocycles. The van der Waals surface area contributed by atoms with Crippen LogP contribution in [-0.4, -0.2) is 37.0 Å². The van der Waals surface area contributed by atoms with Crippen molar-refractivity contribution >= 4 is 18.3 Å². The summed E-state index contributed by atoms with van der Waals surface area (Å²) in [5.74, 6) is 1.18. The third-order valence-electron chi connectivity index (χ3n) is 3.77. The molecule has 22 heavy (non-hydrogen) atoms. The van der Waals surface area contributed by atoms with Gasteiger partial charge in [0, 0.05) is 19.6 Å². The molecule has 5 heteroatoms. The summed E-state index contributed by atoms with van der Waals surface area (Å²) >= 11 is 0. The van der Waals surface area contributed by atoms with Gasteiger partial charge in [0.2, 0.25) is 0 Å². The summed E-state index contributed by atoms with van der Waals surface area (Å²) in [6.07, 6.45) is 0.809. The number of ether oxygens (including phenoxy) is 1. The predicted molar refractivity (Wildman–Crippen MR) is 93.7 cm³/mol. The summed E-state index contributed by atoms with van der Waals surface area (Å²) in [6.45, 7) is 8.90. The van der Waals surface area contributed by atoms with Crippen molar-refractivity contribution in [1.82, 2.24) is 4.90 Å². The van der Waals surface area contributed by atoms with E-state index in [1.807, 2.05) is 32.0 Å². The molecule has 1 rings (SSSR count). The number of hydrogen-bond acceptors (Lipinski definition) is 3. The van der Waals surface area contributed by atoms with Gasteiger partial charge in [0.05, 0.1) is 0 Å². The molecule has 126 valence electrons. The molecule has 0 aliphatic rings. The lowest BCUT2D eigenvalue weighted by atomic mass is 10.0. The lowest BCUT2D eigenvalue weighted by Crippen LogP contribution is -2.36. The highest BCUT2D eigenvalue weighted by molar-refractivity contribution is 5.85. The Morgan fingerprint density at radius 3 is 2.55 bits per heavy atom. The van der Waals surface area contributed by atoms with E-state index in [4.69, 9.17) is 10.5 Å². The Hall–Kier alpha value is -1.26. The SMILES string of the molecule is Cc1ccc(C)c(OCC(=O)N(C)CCC(N)C(C)C)c1.Cl. The summed E-state index contributed by atoms with van der Waals surface area (Å²) in [5.41, 5.74) is 8.16. The van der Waals surface area contributed by atoms with Crippen LogP contribution in [0.1, 0.15) is 31.4 Å². The molecule has 4 nitrogen and oxygen atoms in total. The molecule has 1 atom stereocenters. The zero-order chi connectivity index (χ0) is 16.0. The second-order valence-electron chi connectivity index (χ2n) is 6.07. The molecule has 0 aliphatic carbocycles. The van der Waals surface area contributed by atoms with Crippen molar-refractivity contribution in [3.8, 4) is 5.75 Å². The van der Waals surface area contributed by atoms with E-state index in [1.165, 1.54) is 0 Å². The molecule has 0 aromatic heterocycles. The van der Waals surface area contributed by atoms with Gasteiger partial charge in [0.1, 0.15) is 5.75 Å². The predicted octanol–water partition coefficient (Wildman–Crippen LogP) is 2.94. The normalized spacial score (nSPS) is 11.8. The molecule has 0 fully saturated rings. The quantitative estimate of drug-likeness (QED) is 0.837. The molecule has 2 N–H and O–H groups in total. The van der Waals surface area contributed by atoms with Crippen molar-refractivity contribution in [2.75, 3.05) is 20.2 Å². The molecule has 1 aromatic rings. The topological polar surface area (TPSA) is 55.6 Å². The van der Waals surface area contributed by atoms with E-state index < -0.39 is 0 Å². The Morgan fingerprint density at radius 1 is 1.32 bits per heavy atom. The van der Waals surface area contributed by atoms with Crippen molar-refractivity contribution in [3.63, 3.8) is 0 Å². The van der Waals surface area contributed by atoms with Crippen molar-refractivity contribution in [2.24, 2.45) is 11.7 Å². The van der Waals surface area contributed by atoms with Gasteiger partial charge in [-0.15, -0.1) is 12.4 Å². The first kappa shape index (κ1) is 20.7. The largest absolute Gasteiger partial charge is 0.483 e. The van der Waals surface area contributed by atoms with Crippen LogP contribution in [0.4, 0.5) is 0 Å². The first-order valence-corrected chi connectivity index (χ1v) is 7.51. The number of nitrogens with two attached hydrogens (primary N) is 1. The molecular formula is C17H29ClN2O2. The minimum atomic E-state index is -0.0214. The minimum absolute atomic E-state index is 0.